The van der Waals surface area contributed by atoms with Gasteiger partial charge in [-0.1, -0.05) is 12.1 Å². The van der Waals surface area contributed by atoms with Crippen LogP contribution in [0.4, 0.5) is 4.39 Å². The number of hydrogen-bond acceptors (Lipinski definition) is 2. The van der Waals surface area contributed by atoms with Crippen molar-refractivity contribution >= 4 is 0 Å². The van der Waals surface area contributed by atoms with Crippen LogP contribution in [0.2, 0.25) is 0 Å². The summed E-state index contributed by atoms with van der Waals surface area (Å²) in [5.74, 6) is -0.120. The standard InChI is InChI=1S/C16H27FN2/c1-12(2)19(5)10-6-9-18-14(4)15-8-7-13(3)16(17)11-15/h7-8,11-12,14,18H,6,9-10H2,1-5H3. The highest BCUT2D eigenvalue weighted by molar-refractivity contribution is 5.25. The zero-order valence-electron chi connectivity index (χ0n) is 12.8. The maximum absolute atomic E-state index is 13.5. The number of nitrogens with one attached hydrogen (secondary N) is 1. The van der Waals surface area contributed by atoms with Gasteiger partial charge in [0, 0.05) is 12.1 Å². The molecule has 1 rings (SSSR count). The Hall–Kier alpha value is -0.930. The van der Waals surface area contributed by atoms with E-state index in [1.165, 1.54) is 0 Å². The predicted molar refractivity (Wildman–Crippen MR) is 79.9 cm³/mol. The summed E-state index contributed by atoms with van der Waals surface area (Å²) in [6.45, 7) is 10.3. The number of hydrogen-bond donors (Lipinski definition) is 1. The largest absolute Gasteiger partial charge is 0.310 e. The van der Waals surface area contributed by atoms with Crippen molar-refractivity contribution in [1.82, 2.24) is 10.2 Å². The minimum atomic E-state index is -0.120. The van der Waals surface area contributed by atoms with Crippen LogP contribution in [0.1, 0.15) is 44.4 Å². The first-order valence-corrected chi connectivity index (χ1v) is 7.11. The highest BCUT2D eigenvalue weighted by Gasteiger charge is 2.07. The average molecular weight is 266 g/mol. The van der Waals surface area contributed by atoms with Crippen molar-refractivity contribution in [3.63, 3.8) is 0 Å². The van der Waals surface area contributed by atoms with Gasteiger partial charge in [0.25, 0.3) is 0 Å². The first-order valence-electron chi connectivity index (χ1n) is 7.11. The van der Waals surface area contributed by atoms with E-state index in [-0.39, 0.29) is 11.9 Å². The Morgan fingerprint density at radius 1 is 1.26 bits per heavy atom. The third kappa shape index (κ3) is 5.29. The number of aryl methyl sites for hydroxylation is 1. The molecule has 0 heterocycles. The number of nitrogens with zero attached hydrogens (tertiary/aromatic N) is 1. The first-order chi connectivity index (χ1) is 8.91. The zero-order chi connectivity index (χ0) is 14.4. The molecule has 0 aliphatic rings. The molecular weight excluding hydrogens is 239 g/mol. The third-order valence-corrected chi connectivity index (χ3v) is 3.72. The third-order valence-electron chi connectivity index (χ3n) is 3.72. The van der Waals surface area contributed by atoms with E-state index in [0.29, 0.717) is 11.6 Å². The lowest BCUT2D eigenvalue weighted by Crippen LogP contribution is -2.30. The quantitative estimate of drug-likeness (QED) is 0.760. The summed E-state index contributed by atoms with van der Waals surface area (Å²) in [5.41, 5.74) is 1.72. The molecule has 0 bridgehead atoms. The molecule has 1 unspecified atom stereocenters. The van der Waals surface area contributed by atoms with Gasteiger partial charge in [0.2, 0.25) is 0 Å². The second-order valence-corrected chi connectivity index (χ2v) is 5.61. The maximum atomic E-state index is 13.5. The van der Waals surface area contributed by atoms with Gasteiger partial charge in [-0.2, -0.15) is 0 Å². The Kier molecular flexibility index (Phi) is 6.46. The van der Waals surface area contributed by atoms with Crippen LogP contribution in [0.25, 0.3) is 0 Å². The second-order valence-electron chi connectivity index (χ2n) is 5.61. The van der Waals surface area contributed by atoms with Gasteiger partial charge in [-0.3, -0.25) is 0 Å². The molecule has 108 valence electrons. The first kappa shape index (κ1) is 16.1. The summed E-state index contributed by atoms with van der Waals surface area (Å²) >= 11 is 0. The molecule has 1 atom stereocenters. The van der Waals surface area contributed by atoms with Crippen LogP contribution >= 0.6 is 0 Å². The summed E-state index contributed by atoms with van der Waals surface area (Å²) in [5, 5.41) is 3.45. The minimum Gasteiger partial charge on any atom is -0.310 e. The van der Waals surface area contributed by atoms with Crippen LogP contribution in [0.3, 0.4) is 0 Å². The number of halogens is 1. The smallest absolute Gasteiger partial charge is 0.126 e. The van der Waals surface area contributed by atoms with Gasteiger partial charge in [0.05, 0.1) is 0 Å². The molecule has 3 heteroatoms. The molecule has 0 aliphatic carbocycles. The Morgan fingerprint density at radius 2 is 1.95 bits per heavy atom. The second kappa shape index (κ2) is 7.61. The molecule has 0 aromatic heterocycles. The summed E-state index contributed by atoms with van der Waals surface area (Å²) in [6, 6.07) is 6.25. The van der Waals surface area contributed by atoms with Crippen LogP contribution in [0.5, 0.6) is 0 Å². The molecular formula is C16H27FN2. The van der Waals surface area contributed by atoms with Gasteiger partial charge in [-0.25, -0.2) is 4.39 Å². The molecule has 0 radical (unpaired) electrons. The monoisotopic (exact) mass is 266 g/mol. The molecule has 2 nitrogen and oxygen atoms in total. The summed E-state index contributed by atoms with van der Waals surface area (Å²) in [7, 11) is 2.14. The van der Waals surface area contributed by atoms with E-state index in [9.17, 15) is 4.39 Å². The fraction of sp³-hybridized carbons (Fsp3) is 0.625. The van der Waals surface area contributed by atoms with Crippen molar-refractivity contribution in [2.75, 3.05) is 20.1 Å². The zero-order valence-corrected chi connectivity index (χ0v) is 12.8. The molecule has 0 aliphatic heterocycles. The molecule has 1 N–H and O–H groups in total. The Bertz CT molecular complexity index is 390. The Labute approximate surface area is 117 Å². The summed E-state index contributed by atoms with van der Waals surface area (Å²) < 4.78 is 13.5. The average Bonchev–Trinajstić information content (AvgIpc) is 2.37. The molecule has 0 saturated carbocycles. The van der Waals surface area contributed by atoms with Gasteiger partial charge in [-0.15, -0.1) is 0 Å². The number of rotatable bonds is 7. The van der Waals surface area contributed by atoms with Gasteiger partial charge in [0.1, 0.15) is 5.82 Å². The fourth-order valence-electron chi connectivity index (χ4n) is 1.90. The topological polar surface area (TPSA) is 15.3 Å². The van der Waals surface area contributed by atoms with Crippen molar-refractivity contribution in [1.29, 1.82) is 0 Å². The molecule has 0 amide bonds. The fourth-order valence-corrected chi connectivity index (χ4v) is 1.90. The van der Waals surface area contributed by atoms with E-state index in [1.54, 1.807) is 13.0 Å². The number of benzene rings is 1. The Balaban J connectivity index is 2.35. The molecule has 0 spiro atoms. The van der Waals surface area contributed by atoms with Crippen molar-refractivity contribution in [2.24, 2.45) is 0 Å². The summed E-state index contributed by atoms with van der Waals surface area (Å²) in [6.07, 6.45) is 1.10. The minimum absolute atomic E-state index is 0.120. The van der Waals surface area contributed by atoms with Crippen molar-refractivity contribution in [2.45, 2.75) is 46.2 Å². The Morgan fingerprint density at radius 3 is 2.53 bits per heavy atom. The van der Waals surface area contributed by atoms with E-state index >= 15 is 0 Å². The van der Waals surface area contributed by atoms with Crippen molar-refractivity contribution in [3.05, 3.63) is 35.1 Å². The van der Waals surface area contributed by atoms with E-state index in [2.05, 4.69) is 38.0 Å². The summed E-state index contributed by atoms with van der Waals surface area (Å²) in [4.78, 5) is 2.33. The van der Waals surface area contributed by atoms with Crippen molar-refractivity contribution in [3.8, 4) is 0 Å². The van der Waals surface area contributed by atoms with Crippen LogP contribution in [0, 0.1) is 12.7 Å². The van der Waals surface area contributed by atoms with Crippen LogP contribution in [-0.2, 0) is 0 Å². The van der Waals surface area contributed by atoms with Crippen LogP contribution in [0.15, 0.2) is 18.2 Å². The lowest BCUT2D eigenvalue weighted by atomic mass is 10.1. The molecule has 1 aromatic rings. The molecule has 0 fully saturated rings. The van der Waals surface area contributed by atoms with Gasteiger partial charge in [0.15, 0.2) is 0 Å². The molecule has 19 heavy (non-hydrogen) atoms. The highest BCUT2D eigenvalue weighted by atomic mass is 19.1. The van der Waals surface area contributed by atoms with Crippen LogP contribution in [-0.4, -0.2) is 31.1 Å². The molecule has 1 aromatic carbocycles. The normalized spacial score (nSPS) is 13.3. The van der Waals surface area contributed by atoms with E-state index in [0.717, 1.165) is 25.1 Å². The van der Waals surface area contributed by atoms with Gasteiger partial charge < -0.3 is 10.2 Å². The van der Waals surface area contributed by atoms with Crippen LogP contribution < -0.4 is 5.32 Å². The predicted octanol–water partition coefficient (Wildman–Crippen LogP) is 3.52. The lowest BCUT2D eigenvalue weighted by Gasteiger charge is -2.21. The highest BCUT2D eigenvalue weighted by Crippen LogP contribution is 2.16. The maximum Gasteiger partial charge on any atom is 0.126 e. The van der Waals surface area contributed by atoms with E-state index in [4.69, 9.17) is 0 Å². The van der Waals surface area contributed by atoms with Gasteiger partial charge in [-0.05, 0) is 71.4 Å². The lowest BCUT2D eigenvalue weighted by molar-refractivity contribution is 0.268. The van der Waals surface area contributed by atoms with Crippen molar-refractivity contribution < 1.29 is 4.39 Å². The van der Waals surface area contributed by atoms with E-state index in [1.807, 2.05) is 12.1 Å². The van der Waals surface area contributed by atoms with Gasteiger partial charge >= 0.3 is 0 Å². The SMILES string of the molecule is Cc1ccc(C(C)NCCCN(C)C(C)C)cc1F. The van der Waals surface area contributed by atoms with E-state index < -0.39 is 0 Å². The molecule has 0 saturated heterocycles.